The number of benzene rings is 1. The van der Waals surface area contributed by atoms with Gasteiger partial charge in [-0.25, -0.2) is 0 Å². The van der Waals surface area contributed by atoms with Crippen molar-refractivity contribution in [2.75, 3.05) is 18.1 Å². The molecule has 1 fully saturated rings. The van der Waals surface area contributed by atoms with E-state index in [4.69, 9.17) is 10.5 Å². The minimum atomic E-state index is 0.490. The lowest BCUT2D eigenvalue weighted by molar-refractivity contribution is 0.129. The molecule has 82 valence electrons. The Morgan fingerprint density at radius 2 is 2.13 bits per heavy atom. The first-order valence-corrected chi connectivity index (χ1v) is 6.54. The maximum Gasteiger partial charge on any atom is 0.0666 e. The van der Waals surface area contributed by atoms with Gasteiger partial charge >= 0.3 is 0 Å². The van der Waals surface area contributed by atoms with Gasteiger partial charge in [-0.3, -0.25) is 0 Å². The molecule has 0 spiro atoms. The molecule has 0 bridgehead atoms. The minimum Gasteiger partial charge on any atom is -0.399 e. The maximum atomic E-state index is 5.63. The molecule has 1 aromatic rings. The normalized spacial score (nSPS) is 20.7. The Morgan fingerprint density at radius 3 is 2.80 bits per heavy atom. The van der Waals surface area contributed by atoms with Gasteiger partial charge in [0.1, 0.15) is 0 Å². The maximum absolute atomic E-state index is 5.63. The van der Waals surface area contributed by atoms with Crippen molar-refractivity contribution in [3.05, 3.63) is 29.8 Å². The van der Waals surface area contributed by atoms with E-state index in [9.17, 15) is 0 Å². The van der Waals surface area contributed by atoms with E-state index in [2.05, 4.69) is 12.1 Å². The van der Waals surface area contributed by atoms with Gasteiger partial charge in [-0.05, 0) is 30.5 Å². The first kappa shape index (κ1) is 10.8. The number of anilines is 1. The van der Waals surface area contributed by atoms with Crippen molar-refractivity contribution in [1.82, 2.24) is 0 Å². The first-order chi connectivity index (χ1) is 7.34. The molecule has 0 amide bonds. The molecular weight excluding hydrogens is 206 g/mol. The van der Waals surface area contributed by atoms with Crippen LogP contribution < -0.4 is 5.73 Å². The van der Waals surface area contributed by atoms with Crippen molar-refractivity contribution in [3.8, 4) is 0 Å². The lowest BCUT2D eigenvalue weighted by Crippen LogP contribution is -2.07. The molecule has 1 aromatic carbocycles. The molecule has 1 saturated heterocycles. The third-order valence-electron chi connectivity index (χ3n) is 2.58. The quantitative estimate of drug-likeness (QED) is 0.797. The van der Waals surface area contributed by atoms with Crippen LogP contribution in [0.4, 0.5) is 5.69 Å². The zero-order chi connectivity index (χ0) is 10.5. The molecule has 0 aromatic heterocycles. The highest BCUT2D eigenvalue weighted by Crippen LogP contribution is 2.20. The predicted molar refractivity (Wildman–Crippen MR) is 66.0 cm³/mol. The van der Waals surface area contributed by atoms with Crippen molar-refractivity contribution in [2.45, 2.75) is 24.7 Å². The van der Waals surface area contributed by atoms with Crippen molar-refractivity contribution in [1.29, 1.82) is 0 Å². The smallest absolute Gasteiger partial charge is 0.0666 e. The molecule has 2 nitrogen and oxygen atoms in total. The molecule has 3 heteroatoms. The van der Waals surface area contributed by atoms with Gasteiger partial charge in [-0.2, -0.15) is 11.8 Å². The first-order valence-electron chi connectivity index (χ1n) is 5.38. The predicted octanol–water partition coefficient (Wildman–Crippen LogP) is 2.68. The van der Waals surface area contributed by atoms with Gasteiger partial charge in [0.2, 0.25) is 0 Å². The summed E-state index contributed by atoms with van der Waals surface area (Å²) in [5.74, 6) is 2.17. The Labute approximate surface area is 95.2 Å². The number of nitrogens with two attached hydrogens (primary N) is 1. The highest BCUT2D eigenvalue weighted by molar-refractivity contribution is 7.98. The van der Waals surface area contributed by atoms with Crippen LogP contribution in [-0.4, -0.2) is 18.5 Å². The van der Waals surface area contributed by atoms with Crippen molar-refractivity contribution in [3.63, 3.8) is 0 Å². The van der Waals surface area contributed by atoms with Crippen LogP contribution in [0.5, 0.6) is 0 Å². The number of hydrogen-bond acceptors (Lipinski definition) is 3. The average molecular weight is 223 g/mol. The summed E-state index contributed by atoms with van der Waals surface area (Å²) in [6.07, 6.45) is 2.95. The summed E-state index contributed by atoms with van der Waals surface area (Å²) >= 11 is 1.94. The standard InChI is InChI=1S/C12H17NOS/c13-11-5-3-10(4-6-11)8-15-9-12-2-1-7-14-12/h3-6,12H,1-2,7-9,13H2. The lowest BCUT2D eigenvalue weighted by Gasteiger charge is -2.08. The second-order valence-electron chi connectivity index (χ2n) is 3.89. The second-order valence-corrected chi connectivity index (χ2v) is 4.92. The zero-order valence-electron chi connectivity index (χ0n) is 8.82. The topological polar surface area (TPSA) is 35.2 Å². The van der Waals surface area contributed by atoms with Gasteiger partial charge in [0, 0.05) is 23.8 Å². The van der Waals surface area contributed by atoms with E-state index >= 15 is 0 Å². The minimum absolute atomic E-state index is 0.490. The second kappa shape index (κ2) is 5.42. The summed E-state index contributed by atoms with van der Waals surface area (Å²) in [4.78, 5) is 0. The van der Waals surface area contributed by atoms with Gasteiger partial charge in [0.05, 0.1) is 6.10 Å². The number of thioether (sulfide) groups is 1. The molecule has 15 heavy (non-hydrogen) atoms. The third-order valence-corrected chi connectivity index (χ3v) is 3.72. The Bertz CT molecular complexity index is 293. The van der Waals surface area contributed by atoms with Crippen molar-refractivity contribution < 1.29 is 4.74 Å². The lowest BCUT2D eigenvalue weighted by atomic mass is 10.2. The molecule has 0 aliphatic carbocycles. The molecule has 0 radical (unpaired) electrons. The van der Waals surface area contributed by atoms with Crippen molar-refractivity contribution >= 4 is 17.4 Å². The van der Waals surface area contributed by atoms with Crippen LogP contribution in [0.3, 0.4) is 0 Å². The van der Waals surface area contributed by atoms with E-state index in [-0.39, 0.29) is 0 Å². The number of hydrogen-bond donors (Lipinski definition) is 1. The van der Waals surface area contributed by atoms with Crippen LogP contribution in [0.15, 0.2) is 24.3 Å². The Morgan fingerprint density at radius 1 is 1.33 bits per heavy atom. The largest absolute Gasteiger partial charge is 0.399 e. The van der Waals surface area contributed by atoms with E-state index in [0.29, 0.717) is 6.10 Å². The molecule has 2 N–H and O–H groups in total. The number of rotatable bonds is 4. The number of nitrogen functional groups attached to an aromatic ring is 1. The molecule has 2 rings (SSSR count). The SMILES string of the molecule is Nc1ccc(CSCC2CCCO2)cc1. The van der Waals surface area contributed by atoms with Crippen LogP contribution in [-0.2, 0) is 10.5 Å². The van der Waals surface area contributed by atoms with Gasteiger partial charge < -0.3 is 10.5 Å². The van der Waals surface area contributed by atoms with E-state index in [0.717, 1.165) is 23.8 Å². The number of ether oxygens (including phenoxy) is 1. The average Bonchev–Trinajstić information content (AvgIpc) is 2.74. The van der Waals surface area contributed by atoms with E-state index in [1.54, 1.807) is 0 Å². The van der Waals surface area contributed by atoms with Gasteiger partial charge in [-0.1, -0.05) is 12.1 Å². The van der Waals surface area contributed by atoms with Gasteiger partial charge in [0.25, 0.3) is 0 Å². The molecular formula is C12H17NOS. The Hall–Kier alpha value is -0.670. The molecule has 0 saturated carbocycles. The summed E-state index contributed by atoms with van der Waals surface area (Å²) in [5, 5.41) is 0. The summed E-state index contributed by atoms with van der Waals surface area (Å²) in [7, 11) is 0. The van der Waals surface area contributed by atoms with E-state index in [1.807, 2.05) is 23.9 Å². The van der Waals surface area contributed by atoms with Crippen molar-refractivity contribution in [2.24, 2.45) is 0 Å². The Balaban J connectivity index is 1.71. The molecule has 1 unspecified atom stereocenters. The van der Waals surface area contributed by atoms with Gasteiger partial charge in [0.15, 0.2) is 0 Å². The molecule has 1 atom stereocenters. The molecule has 1 aliphatic rings. The van der Waals surface area contributed by atoms with Gasteiger partial charge in [-0.15, -0.1) is 0 Å². The fraction of sp³-hybridized carbons (Fsp3) is 0.500. The Kier molecular flexibility index (Phi) is 3.92. The van der Waals surface area contributed by atoms with Crippen LogP contribution in [0, 0.1) is 0 Å². The molecule has 1 aliphatic heterocycles. The fourth-order valence-corrected chi connectivity index (χ4v) is 2.77. The summed E-state index contributed by atoms with van der Waals surface area (Å²) in [5.41, 5.74) is 7.80. The highest BCUT2D eigenvalue weighted by Gasteiger charge is 2.14. The summed E-state index contributed by atoms with van der Waals surface area (Å²) < 4.78 is 5.57. The van der Waals surface area contributed by atoms with Crippen LogP contribution >= 0.6 is 11.8 Å². The summed E-state index contributed by atoms with van der Waals surface area (Å²) in [6, 6.07) is 8.11. The van der Waals surface area contributed by atoms with E-state index in [1.165, 1.54) is 18.4 Å². The van der Waals surface area contributed by atoms with E-state index < -0.39 is 0 Å². The van der Waals surface area contributed by atoms with Crippen LogP contribution in [0.25, 0.3) is 0 Å². The van der Waals surface area contributed by atoms with Crippen LogP contribution in [0.2, 0.25) is 0 Å². The third kappa shape index (κ3) is 3.43. The zero-order valence-corrected chi connectivity index (χ0v) is 9.63. The highest BCUT2D eigenvalue weighted by atomic mass is 32.2. The monoisotopic (exact) mass is 223 g/mol. The fourth-order valence-electron chi connectivity index (χ4n) is 1.70. The summed E-state index contributed by atoms with van der Waals surface area (Å²) in [6.45, 7) is 0.951. The molecule has 1 heterocycles. The van der Waals surface area contributed by atoms with Crippen LogP contribution in [0.1, 0.15) is 18.4 Å².